The van der Waals surface area contributed by atoms with Gasteiger partial charge in [0.15, 0.2) is 5.82 Å². The number of ether oxygens (including phenoxy) is 1. The van der Waals surface area contributed by atoms with Crippen molar-refractivity contribution >= 4 is 23.2 Å². The Morgan fingerprint density at radius 2 is 1.74 bits per heavy atom. The molecule has 2 aromatic heterocycles. The topological polar surface area (TPSA) is 134 Å². The third-order valence-corrected chi connectivity index (χ3v) is 11.9. The zero-order valence-corrected chi connectivity index (χ0v) is 26.6. The molecular formula is C35H44N8O3. The van der Waals surface area contributed by atoms with Crippen molar-refractivity contribution in [2.45, 2.75) is 56.4 Å². The van der Waals surface area contributed by atoms with Gasteiger partial charge in [0.05, 0.1) is 42.5 Å². The summed E-state index contributed by atoms with van der Waals surface area (Å²) in [4.78, 5) is 29.4. The van der Waals surface area contributed by atoms with E-state index in [-0.39, 0.29) is 23.1 Å². The first-order valence-corrected chi connectivity index (χ1v) is 17.0. The molecule has 3 saturated carbocycles. The highest BCUT2D eigenvalue weighted by Crippen LogP contribution is 2.64. The Labute approximate surface area is 270 Å². The molecule has 2 bridgehead atoms. The van der Waals surface area contributed by atoms with Crippen LogP contribution in [0.1, 0.15) is 50.8 Å². The zero-order valence-electron chi connectivity index (χ0n) is 26.6. The molecule has 46 heavy (non-hydrogen) atoms. The number of aromatic nitrogens is 4. The molecule has 2 aliphatic heterocycles. The second kappa shape index (κ2) is 11.7. The number of rotatable bonds is 6. The smallest absolute Gasteiger partial charge is 0.308 e. The molecule has 0 spiro atoms. The molecule has 4 atom stereocenters. The Hall–Kier alpha value is -3.99. The molecule has 1 aromatic carbocycles. The summed E-state index contributed by atoms with van der Waals surface area (Å²) < 4.78 is 4.97. The van der Waals surface area contributed by atoms with Crippen molar-refractivity contribution in [2.75, 3.05) is 61.9 Å². The fourth-order valence-corrected chi connectivity index (χ4v) is 9.60. The van der Waals surface area contributed by atoms with Gasteiger partial charge in [-0.15, -0.1) is 10.2 Å². The molecule has 8 rings (SSSR count). The Balaban J connectivity index is 0.899. The molecule has 242 valence electrons. The number of esters is 1. The average Bonchev–Trinajstić information content (AvgIpc) is 3.28. The minimum atomic E-state index is -0.0462. The van der Waals surface area contributed by atoms with Crippen molar-refractivity contribution in [1.29, 1.82) is 0 Å². The van der Waals surface area contributed by atoms with E-state index in [2.05, 4.69) is 37.3 Å². The van der Waals surface area contributed by atoms with Crippen molar-refractivity contribution in [3.63, 3.8) is 0 Å². The van der Waals surface area contributed by atoms with E-state index in [1.807, 2.05) is 18.2 Å². The van der Waals surface area contributed by atoms with Gasteiger partial charge in [0.1, 0.15) is 11.6 Å². The van der Waals surface area contributed by atoms with Gasteiger partial charge >= 0.3 is 5.97 Å². The van der Waals surface area contributed by atoms with Crippen LogP contribution in [0.2, 0.25) is 0 Å². The van der Waals surface area contributed by atoms with Crippen molar-refractivity contribution < 1.29 is 14.6 Å². The molecule has 5 aliphatic rings. The number of aromatic hydroxyl groups is 1. The second-order valence-electron chi connectivity index (χ2n) is 14.3. The van der Waals surface area contributed by atoms with Crippen LogP contribution in [0.5, 0.6) is 5.75 Å². The monoisotopic (exact) mass is 624 g/mol. The number of hydrogen-bond acceptors (Lipinski definition) is 11. The number of nitrogens with two attached hydrogens (primary N) is 1. The average molecular weight is 625 g/mol. The molecule has 4 heterocycles. The van der Waals surface area contributed by atoms with E-state index in [1.54, 1.807) is 12.1 Å². The number of phenolic OH excluding ortho intramolecular Hbond substituents is 1. The van der Waals surface area contributed by atoms with Gasteiger partial charge in [-0.1, -0.05) is 12.1 Å². The number of nitrogen functional groups attached to an aromatic ring is 1. The van der Waals surface area contributed by atoms with Crippen LogP contribution < -0.4 is 15.5 Å². The number of para-hydroxylation sites is 1. The van der Waals surface area contributed by atoms with E-state index in [0.29, 0.717) is 40.9 Å². The highest BCUT2D eigenvalue weighted by atomic mass is 16.5. The van der Waals surface area contributed by atoms with Crippen LogP contribution >= 0.6 is 0 Å². The molecule has 4 unspecified atom stereocenters. The third-order valence-electron chi connectivity index (χ3n) is 11.9. The minimum absolute atomic E-state index is 0.0462. The van der Waals surface area contributed by atoms with Crippen LogP contribution in [0.25, 0.3) is 11.3 Å². The predicted molar refractivity (Wildman–Crippen MR) is 175 cm³/mol. The lowest BCUT2D eigenvalue weighted by Crippen LogP contribution is -2.54. The molecule has 3 N–H and O–H groups in total. The molecular weight excluding hydrogens is 580 g/mol. The lowest BCUT2D eigenvalue weighted by atomic mass is 9.54. The van der Waals surface area contributed by atoms with Gasteiger partial charge in [-0.25, -0.2) is 9.97 Å². The van der Waals surface area contributed by atoms with Gasteiger partial charge in [-0.05, 0) is 80.9 Å². The first-order chi connectivity index (χ1) is 22.4. The number of methoxy groups -OCH3 is 1. The minimum Gasteiger partial charge on any atom is -0.507 e. The number of fused-ring (bicyclic) bond motifs is 1. The lowest BCUT2D eigenvalue weighted by Gasteiger charge is -2.52. The van der Waals surface area contributed by atoms with Crippen molar-refractivity contribution in [1.82, 2.24) is 25.1 Å². The largest absolute Gasteiger partial charge is 0.507 e. The lowest BCUT2D eigenvalue weighted by molar-refractivity contribution is -0.146. The molecule has 2 saturated heterocycles. The van der Waals surface area contributed by atoms with E-state index in [1.165, 1.54) is 13.5 Å². The van der Waals surface area contributed by atoms with Gasteiger partial charge in [-0.3, -0.25) is 9.69 Å². The fraction of sp³-hybridized carbons (Fsp3) is 0.571. The highest BCUT2D eigenvalue weighted by Gasteiger charge is 2.63. The number of nitrogens with zero attached hydrogens (tertiary/aromatic N) is 7. The zero-order chi connectivity index (χ0) is 31.4. The van der Waals surface area contributed by atoms with Crippen LogP contribution in [-0.4, -0.2) is 88.6 Å². The van der Waals surface area contributed by atoms with E-state index in [4.69, 9.17) is 20.4 Å². The van der Waals surface area contributed by atoms with Gasteiger partial charge in [0.2, 0.25) is 0 Å². The van der Waals surface area contributed by atoms with Gasteiger partial charge in [0, 0.05) is 56.3 Å². The van der Waals surface area contributed by atoms with Crippen molar-refractivity contribution in [2.24, 2.45) is 23.7 Å². The summed E-state index contributed by atoms with van der Waals surface area (Å²) in [5, 5.41) is 19.0. The summed E-state index contributed by atoms with van der Waals surface area (Å²) in [5.74, 6) is 3.37. The number of hydrogen-bond donors (Lipinski definition) is 2. The third kappa shape index (κ3) is 5.03. The maximum absolute atomic E-state index is 11.9. The summed E-state index contributed by atoms with van der Waals surface area (Å²) in [6.45, 7) is 5.89. The number of anilines is 3. The quantitative estimate of drug-likeness (QED) is 0.387. The normalized spacial score (nSPS) is 30.8. The summed E-state index contributed by atoms with van der Waals surface area (Å²) >= 11 is 0. The summed E-state index contributed by atoms with van der Waals surface area (Å²) in [5.41, 5.74) is 9.80. The molecule has 3 aromatic rings. The first-order valence-electron chi connectivity index (χ1n) is 17.0. The summed E-state index contributed by atoms with van der Waals surface area (Å²) in [6.07, 6.45) is 11.6. The molecule has 0 radical (unpaired) electrons. The van der Waals surface area contributed by atoms with Crippen LogP contribution in [0.3, 0.4) is 0 Å². The van der Waals surface area contributed by atoms with Crippen molar-refractivity contribution in [3.05, 3.63) is 48.5 Å². The van der Waals surface area contributed by atoms with E-state index in [9.17, 15) is 9.90 Å². The highest BCUT2D eigenvalue weighted by molar-refractivity contribution is 5.74. The van der Waals surface area contributed by atoms with Crippen LogP contribution in [0.15, 0.2) is 42.7 Å². The number of carbonyl (C=O) groups excluding carboxylic acids is 1. The van der Waals surface area contributed by atoms with Crippen molar-refractivity contribution in [3.8, 4) is 17.0 Å². The maximum atomic E-state index is 11.9. The van der Waals surface area contributed by atoms with Crippen LogP contribution in [-0.2, 0) is 14.9 Å². The van der Waals surface area contributed by atoms with Crippen LogP contribution in [0.4, 0.5) is 17.2 Å². The molecule has 3 aliphatic carbocycles. The van der Waals surface area contributed by atoms with Gasteiger partial charge < -0.3 is 25.4 Å². The Kier molecular flexibility index (Phi) is 7.46. The SMILES string of the molecule is COC(=O)[C@H]1CC[C@@H](N2CCN(c3cnc(C45CC6CC4C(CN(c4cc(-c7ccccc7O)nnc4N)C6)C5)nc3)CC2)CC1. The Morgan fingerprint density at radius 1 is 0.978 bits per heavy atom. The standard InChI is InChI=1S/C35H44N8O3/c1-46-33(45)23-6-8-25(9-7-23)41-10-12-42(13-11-41)26-18-37-34(38-19-26)35-16-22-14-28(35)24(17-35)21-43(20-22)30-15-29(39-40-32(30)36)27-4-2-3-5-31(27)44/h2-5,15,18-19,22-25,28,44H,6-14,16-17,20-21H2,1H3,(H2,36,40)/t22?,23-,24?,25+,28?,35?. The second-order valence-corrected chi connectivity index (χ2v) is 14.3. The van der Waals surface area contributed by atoms with E-state index < -0.39 is 0 Å². The van der Waals surface area contributed by atoms with E-state index >= 15 is 0 Å². The fourth-order valence-electron chi connectivity index (χ4n) is 9.60. The predicted octanol–water partition coefficient (Wildman–Crippen LogP) is 3.88. The number of phenols is 1. The first kappa shape index (κ1) is 29.4. The van der Waals surface area contributed by atoms with Gasteiger partial charge in [-0.2, -0.15) is 0 Å². The number of benzene rings is 1. The van der Waals surface area contributed by atoms with Gasteiger partial charge in [0.25, 0.3) is 0 Å². The van der Waals surface area contributed by atoms with E-state index in [0.717, 1.165) is 95.0 Å². The number of carbonyl (C=O) groups is 1. The van der Waals surface area contributed by atoms with Crippen LogP contribution in [0, 0.1) is 23.7 Å². The summed E-state index contributed by atoms with van der Waals surface area (Å²) in [7, 11) is 1.50. The summed E-state index contributed by atoms with van der Waals surface area (Å²) in [6, 6.07) is 9.78. The molecule has 0 amide bonds. The Bertz CT molecular complexity index is 1580. The molecule has 5 fully saturated rings. The molecule has 11 heteroatoms. The molecule has 11 nitrogen and oxygen atoms in total. The number of piperazine rings is 1. The Morgan fingerprint density at radius 3 is 2.48 bits per heavy atom. The maximum Gasteiger partial charge on any atom is 0.308 e.